The van der Waals surface area contributed by atoms with Crippen molar-refractivity contribution in [2.45, 2.75) is 12.3 Å². The van der Waals surface area contributed by atoms with Crippen molar-refractivity contribution >= 4 is 15.9 Å². The normalized spacial score (nSPS) is 12.2. The van der Waals surface area contributed by atoms with Crippen LogP contribution in [0.25, 0.3) is 0 Å². The van der Waals surface area contributed by atoms with E-state index in [4.69, 9.17) is 0 Å². The van der Waals surface area contributed by atoms with Gasteiger partial charge in [-0.1, -0.05) is 28.1 Å². The summed E-state index contributed by atoms with van der Waals surface area (Å²) in [6.45, 7) is 0. The minimum Gasteiger partial charge on any atom is -0.203 e. The van der Waals surface area contributed by atoms with Crippen LogP contribution in [0.3, 0.4) is 0 Å². The molecule has 0 aliphatic carbocycles. The zero-order chi connectivity index (χ0) is 10.1. The van der Waals surface area contributed by atoms with Crippen LogP contribution in [0.2, 0.25) is 0 Å². The van der Waals surface area contributed by atoms with E-state index in [9.17, 15) is 17.6 Å². The molecule has 0 aromatic heterocycles. The molecule has 1 aromatic carbocycles. The lowest BCUT2D eigenvalue weighted by Gasteiger charge is -2.15. The number of hydrogen-bond donors (Lipinski definition) is 0. The van der Waals surface area contributed by atoms with Crippen LogP contribution >= 0.6 is 15.9 Å². The van der Waals surface area contributed by atoms with Crippen LogP contribution in [-0.4, -0.2) is 6.43 Å². The zero-order valence-electron chi connectivity index (χ0n) is 6.28. The summed E-state index contributed by atoms with van der Waals surface area (Å²) in [5.41, 5.74) is -0.683. The Morgan fingerprint density at radius 3 is 2.31 bits per heavy atom. The molecule has 72 valence electrons. The van der Waals surface area contributed by atoms with Crippen molar-refractivity contribution in [1.82, 2.24) is 0 Å². The van der Waals surface area contributed by atoms with Gasteiger partial charge in [0.25, 0.3) is 0 Å². The Morgan fingerprint density at radius 2 is 1.85 bits per heavy atom. The minimum atomic E-state index is -4.08. The van der Waals surface area contributed by atoms with Crippen molar-refractivity contribution < 1.29 is 17.6 Å². The maximum Gasteiger partial charge on any atom is 0.332 e. The molecule has 0 N–H and O–H groups in total. The number of hydrogen-bond acceptors (Lipinski definition) is 0. The third kappa shape index (κ3) is 2.21. The van der Waals surface area contributed by atoms with Crippen molar-refractivity contribution in [3.8, 4) is 0 Å². The Balaban J connectivity index is 3.07. The Morgan fingerprint density at radius 1 is 1.23 bits per heavy atom. The van der Waals surface area contributed by atoms with Gasteiger partial charge in [0.05, 0.1) is 0 Å². The van der Waals surface area contributed by atoms with Crippen molar-refractivity contribution in [3.05, 3.63) is 34.3 Å². The average Bonchev–Trinajstić information content (AvgIpc) is 2.04. The molecule has 0 amide bonds. The van der Waals surface area contributed by atoms with Crippen LogP contribution < -0.4 is 0 Å². The van der Waals surface area contributed by atoms with Gasteiger partial charge in [-0.05, 0) is 12.1 Å². The number of benzene rings is 1. The summed E-state index contributed by atoms with van der Waals surface area (Å²) in [5, 5.41) is 0. The third-order valence-corrected chi connectivity index (χ3v) is 1.98. The number of rotatable bonds is 2. The third-order valence-electron chi connectivity index (χ3n) is 1.48. The summed E-state index contributed by atoms with van der Waals surface area (Å²) in [6.07, 6.45) is -3.68. The van der Waals surface area contributed by atoms with Gasteiger partial charge < -0.3 is 0 Å². The maximum absolute atomic E-state index is 12.7. The average molecular weight is 257 g/mol. The van der Waals surface area contributed by atoms with Gasteiger partial charge in [0, 0.05) is 10.0 Å². The predicted octanol–water partition coefficient (Wildman–Crippen LogP) is 3.81. The second kappa shape index (κ2) is 3.65. The van der Waals surface area contributed by atoms with Crippen LogP contribution in [0, 0.1) is 0 Å². The molecule has 0 nitrogen and oxygen atoms in total. The molecular weight excluding hydrogens is 252 g/mol. The zero-order valence-corrected chi connectivity index (χ0v) is 7.86. The molecule has 0 aliphatic heterocycles. The van der Waals surface area contributed by atoms with Gasteiger partial charge in [-0.2, -0.15) is 8.78 Å². The summed E-state index contributed by atoms with van der Waals surface area (Å²) < 4.78 is 49.5. The molecule has 0 atom stereocenters. The van der Waals surface area contributed by atoms with Crippen LogP contribution in [0.5, 0.6) is 0 Å². The highest BCUT2D eigenvalue weighted by Crippen LogP contribution is 2.35. The van der Waals surface area contributed by atoms with E-state index in [-0.39, 0.29) is 0 Å². The first-order valence-electron chi connectivity index (χ1n) is 3.36. The molecule has 13 heavy (non-hydrogen) atoms. The summed E-state index contributed by atoms with van der Waals surface area (Å²) in [6, 6.07) is 4.73. The van der Waals surface area contributed by atoms with Gasteiger partial charge in [0.1, 0.15) is 0 Å². The number of alkyl halides is 4. The molecule has 0 heterocycles. The van der Waals surface area contributed by atoms with E-state index in [1.807, 2.05) is 0 Å². The van der Waals surface area contributed by atoms with Crippen molar-refractivity contribution in [2.24, 2.45) is 0 Å². The van der Waals surface area contributed by atoms with Gasteiger partial charge >= 0.3 is 12.3 Å². The molecule has 1 rings (SSSR count). The van der Waals surface area contributed by atoms with Crippen LogP contribution in [0.1, 0.15) is 5.56 Å². The van der Waals surface area contributed by atoms with Gasteiger partial charge in [-0.25, -0.2) is 8.78 Å². The lowest BCUT2D eigenvalue weighted by molar-refractivity contribution is -0.135. The fourth-order valence-electron chi connectivity index (χ4n) is 0.822. The van der Waals surface area contributed by atoms with E-state index in [0.29, 0.717) is 4.47 Å². The Bertz CT molecular complexity index is 298. The first-order chi connectivity index (χ1) is 5.94. The standard InChI is InChI=1S/C8H5BrF4/c9-6-3-1-2-5(4-6)8(12,13)7(10)11/h1-4,7H. The minimum absolute atomic E-state index is 0.352. The van der Waals surface area contributed by atoms with Crippen molar-refractivity contribution in [3.63, 3.8) is 0 Å². The Hall–Kier alpha value is -0.580. The summed E-state index contributed by atoms with van der Waals surface area (Å²) in [5.74, 6) is -4.08. The lowest BCUT2D eigenvalue weighted by atomic mass is 10.1. The van der Waals surface area contributed by atoms with Gasteiger partial charge in [0.15, 0.2) is 0 Å². The van der Waals surface area contributed by atoms with E-state index in [0.717, 1.165) is 12.1 Å². The summed E-state index contributed by atoms with van der Waals surface area (Å²) >= 11 is 2.93. The van der Waals surface area contributed by atoms with E-state index in [1.165, 1.54) is 12.1 Å². The van der Waals surface area contributed by atoms with E-state index < -0.39 is 17.9 Å². The van der Waals surface area contributed by atoms with Crippen LogP contribution in [-0.2, 0) is 5.92 Å². The highest BCUT2D eigenvalue weighted by molar-refractivity contribution is 9.10. The highest BCUT2D eigenvalue weighted by atomic mass is 79.9. The molecule has 0 unspecified atom stereocenters. The second-order valence-electron chi connectivity index (χ2n) is 2.43. The fraction of sp³-hybridized carbons (Fsp3) is 0.250. The van der Waals surface area contributed by atoms with Gasteiger partial charge in [-0.3, -0.25) is 0 Å². The molecule has 0 bridgehead atoms. The molecule has 0 fully saturated rings. The lowest BCUT2D eigenvalue weighted by Crippen LogP contribution is -2.23. The molecule has 1 aromatic rings. The SMILES string of the molecule is FC(F)C(F)(F)c1cccc(Br)c1. The van der Waals surface area contributed by atoms with E-state index in [2.05, 4.69) is 15.9 Å². The first kappa shape index (κ1) is 10.5. The predicted molar refractivity (Wildman–Crippen MR) is 44.0 cm³/mol. The first-order valence-corrected chi connectivity index (χ1v) is 4.16. The van der Waals surface area contributed by atoms with Crippen LogP contribution in [0.4, 0.5) is 17.6 Å². The molecule has 0 saturated carbocycles. The smallest absolute Gasteiger partial charge is 0.203 e. The Labute approximate surface area is 80.7 Å². The quantitative estimate of drug-likeness (QED) is 0.707. The largest absolute Gasteiger partial charge is 0.332 e. The molecule has 5 heteroatoms. The summed E-state index contributed by atoms with van der Waals surface area (Å²) in [7, 11) is 0. The van der Waals surface area contributed by atoms with Gasteiger partial charge in [-0.15, -0.1) is 0 Å². The van der Waals surface area contributed by atoms with Crippen LogP contribution in [0.15, 0.2) is 28.7 Å². The maximum atomic E-state index is 12.7. The summed E-state index contributed by atoms with van der Waals surface area (Å²) in [4.78, 5) is 0. The topological polar surface area (TPSA) is 0 Å². The molecule has 0 spiro atoms. The molecule has 0 aliphatic rings. The fourth-order valence-corrected chi connectivity index (χ4v) is 1.22. The van der Waals surface area contributed by atoms with Crippen molar-refractivity contribution in [2.75, 3.05) is 0 Å². The van der Waals surface area contributed by atoms with Crippen molar-refractivity contribution in [1.29, 1.82) is 0 Å². The van der Waals surface area contributed by atoms with E-state index >= 15 is 0 Å². The second-order valence-corrected chi connectivity index (χ2v) is 3.35. The Kier molecular flexibility index (Phi) is 2.95. The monoisotopic (exact) mass is 256 g/mol. The number of halogens is 5. The molecular formula is C8H5BrF4. The molecule has 0 saturated heterocycles. The van der Waals surface area contributed by atoms with Gasteiger partial charge in [0.2, 0.25) is 0 Å². The highest BCUT2D eigenvalue weighted by Gasteiger charge is 2.42. The molecule has 0 radical (unpaired) electrons. The van der Waals surface area contributed by atoms with E-state index in [1.54, 1.807) is 0 Å².